The van der Waals surface area contributed by atoms with Gasteiger partial charge in [0.1, 0.15) is 0 Å². The number of hydrogen-bond donors (Lipinski definition) is 0. The summed E-state index contributed by atoms with van der Waals surface area (Å²) in [5, 5.41) is 0.956. The first-order valence-corrected chi connectivity index (χ1v) is 8.99. The Bertz CT molecular complexity index is 711. The molecule has 3 atom stereocenters. The van der Waals surface area contributed by atoms with Gasteiger partial charge in [-0.15, -0.1) is 0 Å². The highest BCUT2D eigenvalue weighted by molar-refractivity contribution is 6.31. The van der Waals surface area contributed by atoms with Gasteiger partial charge in [-0.25, -0.2) is 0 Å². The highest BCUT2D eigenvalue weighted by Crippen LogP contribution is 2.54. The molecule has 2 aromatic rings. The van der Waals surface area contributed by atoms with E-state index in [-0.39, 0.29) is 0 Å². The zero-order valence-electron chi connectivity index (χ0n) is 13.9. The van der Waals surface area contributed by atoms with Crippen LogP contribution >= 0.6 is 11.6 Å². The molecule has 0 unspecified atom stereocenters. The van der Waals surface area contributed by atoms with Gasteiger partial charge in [-0.2, -0.15) is 0 Å². The van der Waals surface area contributed by atoms with Gasteiger partial charge in [-0.05, 0) is 40.5 Å². The highest BCUT2D eigenvalue weighted by Gasteiger charge is 2.50. The van der Waals surface area contributed by atoms with Gasteiger partial charge in [0, 0.05) is 30.6 Å². The molecule has 0 aromatic heterocycles. The molecule has 2 heteroatoms. The summed E-state index contributed by atoms with van der Waals surface area (Å²) in [4.78, 5) is 2.63. The molecule has 120 valence electrons. The third kappa shape index (κ3) is 2.51. The maximum absolute atomic E-state index is 6.50. The van der Waals surface area contributed by atoms with Crippen molar-refractivity contribution in [2.75, 3.05) is 13.1 Å². The van der Waals surface area contributed by atoms with Crippen LogP contribution in [0.15, 0.2) is 48.5 Å². The summed E-state index contributed by atoms with van der Waals surface area (Å²) in [5.41, 5.74) is 4.65. The summed E-state index contributed by atoms with van der Waals surface area (Å²) in [6.07, 6.45) is 1.11. The maximum atomic E-state index is 6.50. The zero-order valence-corrected chi connectivity index (χ0v) is 14.7. The molecule has 1 nitrogen and oxygen atoms in total. The predicted octanol–water partition coefficient (Wildman–Crippen LogP) is 5.14. The van der Waals surface area contributed by atoms with E-state index in [4.69, 9.17) is 11.6 Å². The molecule has 0 N–H and O–H groups in total. The number of likely N-dealkylation sites (tertiary alicyclic amines) is 1. The lowest BCUT2D eigenvalue weighted by molar-refractivity contribution is 0.165. The van der Waals surface area contributed by atoms with Crippen LogP contribution in [0.1, 0.15) is 36.5 Å². The lowest BCUT2D eigenvalue weighted by Gasteiger charge is -2.42. The molecule has 0 amide bonds. The van der Waals surface area contributed by atoms with Crippen molar-refractivity contribution >= 4 is 11.6 Å². The predicted molar refractivity (Wildman–Crippen MR) is 96.9 cm³/mol. The van der Waals surface area contributed by atoms with E-state index in [0.29, 0.717) is 17.3 Å². The Morgan fingerprint density at radius 2 is 1.91 bits per heavy atom. The molecule has 1 heterocycles. The van der Waals surface area contributed by atoms with Crippen molar-refractivity contribution in [1.29, 1.82) is 0 Å². The Balaban J connectivity index is 1.65. The SMILES string of the molecule is C[C@H]1Cc2c(Cl)cccc2[C@H]2CN(Cc3ccccc3)C[C@@]21C. The summed E-state index contributed by atoms with van der Waals surface area (Å²) in [6, 6.07) is 17.3. The van der Waals surface area contributed by atoms with E-state index < -0.39 is 0 Å². The molecule has 1 aliphatic heterocycles. The molecule has 2 aromatic carbocycles. The standard InChI is InChI=1S/C21H24ClN/c1-15-11-18-17(9-6-10-20(18)22)19-13-23(14-21(15,19)2)12-16-7-4-3-5-8-16/h3-10,15,19H,11-14H2,1-2H3/t15-,19+,21+/m0/s1. The van der Waals surface area contributed by atoms with Gasteiger partial charge in [-0.3, -0.25) is 4.90 Å². The molecule has 1 saturated heterocycles. The van der Waals surface area contributed by atoms with Crippen molar-refractivity contribution in [2.24, 2.45) is 11.3 Å². The van der Waals surface area contributed by atoms with Gasteiger partial charge in [0.25, 0.3) is 0 Å². The third-order valence-electron chi connectivity index (χ3n) is 6.22. The van der Waals surface area contributed by atoms with Crippen LogP contribution in [0.2, 0.25) is 5.02 Å². The first-order chi connectivity index (χ1) is 11.1. The van der Waals surface area contributed by atoms with E-state index >= 15 is 0 Å². The Hall–Kier alpha value is -1.31. The van der Waals surface area contributed by atoms with Gasteiger partial charge in [0.2, 0.25) is 0 Å². The molecule has 4 rings (SSSR count). The van der Waals surface area contributed by atoms with E-state index in [1.54, 1.807) is 0 Å². The second-order valence-electron chi connectivity index (χ2n) is 7.63. The van der Waals surface area contributed by atoms with E-state index in [1.165, 1.54) is 23.2 Å². The van der Waals surface area contributed by atoms with Crippen LogP contribution in [0, 0.1) is 11.3 Å². The van der Waals surface area contributed by atoms with Crippen molar-refractivity contribution in [3.8, 4) is 0 Å². The minimum Gasteiger partial charge on any atom is -0.298 e. The van der Waals surface area contributed by atoms with Crippen molar-refractivity contribution in [3.05, 3.63) is 70.2 Å². The molecule has 23 heavy (non-hydrogen) atoms. The summed E-state index contributed by atoms with van der Waals surface area (Å²) in [6.45, 7) is 8.26. The zero-order chi connectivity index (χ0) is 16.0. The van der Waals surface area contributed by atoms with Crippen molar-refractivity contribution in [3.63, 3.8) is 0 Å². The summed E-state index contributed by atoms with van der Waals surface area (Å²) >= 11 is 6.50. The molecule has 0 spiro atoms. The van der Waals surface area contributed by atoms with Crippen molar-refractivity contribution < 1.29 is 0 Å². The van der Waals surface area contributed by atoms with Crippen LogP contribution in [0.5, 0.6) is 0 Å². The molecule has 1 aliphatic carbocycles. The van der Waals surface area contributed by atoms with E-state index in [9.17, 15) is 0 Å². The monoisotopic (exact) mass is 325 g/mol. The van der Waals surface area contributed by atoms with Gasteiger partial charge in [-0.1, -0.05) is 67.9 Å². The molecular weight excluding hydrogens is 302 g/mol. The van der Waals surface area contributed by atoms with Gasteiger partial charge in [0.15, 0.2) is 0 Å². The number of hydrogen-bond acceptors (Lipinski definition) is 1. The van der Waals surface area contributed by atoms with E-state index in [0.717, 1.165) is 24.5 Å². The number of halogens is 1. The van der Waals surface area contributed by atoms with Crippen LogP contribution in [0.25, 0.3) is 0 Å². The van der Waals surface area contributed by atoms with Gasteiger partial charge < -0.3 is 0 Å². The number of fused-ring (bicyclic) bond motifs is 3. The van der Waals surface area contributed by atoms with Crippen LogP contribution < -0.4 is 0 Å². The topological polar surface area (TPSA) is 3.24 Å². The summed E-state index contributed by atoms with van der Waals surface area (Å²) in [7, 11) is 0. The molecule has 0 saturated carbocycles. The lowest BCUT2D eigenvalue weighted by Crippen LogP contribution is -2.38. The van der Waals surface area contributed by atoms with Crippen LogP contribution in [0.4, 0.5) is 0 Å². The molecule has 1 fully saturated rings. The number of nitrogens with zero attached hydrogens (tertiary/aromatic N) is 1. The first kappa shape index (κ1) is 15.2. The smallest absolute Gasteiger partial charge is 0.0440 e. The summed E-state index contributed by atoms with van der Waals surface area (Å²) < 4.78 is 0. The average molecular weight is 326 g/mol. The van der Waals surface area contributed by atoms with E-state index in [2.05, 4.69) is 61.2 Å². The lowest BCUT2D eigenvalue weighted by atomic mass is 9.61. The fraction of sp³-hybridized carbons (Fsp3) is 0.429. The quantitative estimate of drug-likeness (QED) is 0.739. The Kier molecular flexibility index (Phi) is 3.74. The Morgan fingerprint density at radius 1 is 1.13 bits per heavy atom. The number of benzene rings is 2. The van der Waals surface area contributed by atoms with E-state index in [1.807, 2.05) is 6.07 Å². The largest absolute Gasteiger partial charge is 0.298 e. The fourth-order valence-corrected chi connectivity index (χ4v) is 4.95. The second-order valence-corrected chi connectivity index (χ2v) is 8.03. The average Bonchev–Trinajstić information content (AvgIpc) is 2.88. The first-order valence-electron chi connectivity index (χ1n) is 8.61. The molecular formula is C21H24ClN. The normalized spacial score (nSPS) is 30.0. The van der Waals surface area contributed by atoms with Crippen LogP contribution in [-0.2, 0) is 13.0 Å². The highest BCUT2D eigenvalue weighted by atomic mass is 35.5. The van der Waals surface area contributed by atoms with Crippen molar-refractivity contribution in [2.45, 2.75) is 32.7 Å². The van der Waals surface area contributed by atoms with Crippen LogP contribution in [-0.4, -0.2) is 18.0 Å². The summed E-state index contributed by atoms with van der Waals surface area (Å²) in [5.74, 6) is 1.27. The fourth-order valence-electron chi connectivity index (χ4n) is 4.69. The third-order valence-corrected chi connectivity index (χ3v) is 6.57. The van der Waals surface area contributed by atoms with Gasteiger partial charge >= 0.3 is 0 Å². The molecule has 2 aliphatic rings. The van der Waals surface area contributed by atoms with Gasteiger partial charge in [0.05, 0.1) is 0 Å². The molecule has 0 radical (unpaired) electrons. The minimum atomic E-state index is 0.354. The Morgan fingerprint density at radius 3 is 2.70 bits per heavy atom. The van der Waals surface area contributed by atoms with Crippen molar-refractivity contribution in [1.82, 2.24) is 4.90 Å². The Labute approximate surface area is 144 Å². The van der Waals surface area contributed by atoms with Crippen LogP contribution in [0.3, 0.4) is 0 Å². The minimum absolute atomic E-state index is 0.354. The second kappa shape index (κ2) is 5.65. The number of rotatable bonds is 2. The maximum Gasteiger partial charge on any atom is 0.0440 e. The molecule has 0 bridgehead atoms.